The lowest BCUT2D eigenvalue weighted by atomic mass is 10.1. The molecular formula is C18H20N4O4S. The second-order valence-corrected chi connectivity index (χ2v) is 7.21. The molecule has 8 nitrogen and oxygen atoms in total. The molecular weight excluding hydrogens is 368 g/mol. The summed E-state index contributed by atoms with van der Waals surface area (Å²) in [4.78, 5) is 31.5. The number of rotatable bonds is 5. The van der Waals surface area contributed by atoms with Gasteiger partial charge in [0.05, 0.1) is 24.1 Å². The van der Waals surface area contributed by atoms with Crippen LogP contribution < -0.4 is 16.0 Å². The van der Waals surface area contributed by atoms with Crippen molar-refractivity contribution < 1.29 is 19.5 Å². The van der Waals surface area contributed by atoms with E-state index in [9.17, 15) is 9.59 Å². The van der Waals surface area contributed by atoms with Crippen molar-refractivity contribution in [1.29, 1.82) is 0 Å². The van der Waals surface area contributed by atoms with E-state index >= 15 is 0 Å². The molecule has 1 aromatic heterocycles. The summed E-state index contributed by atoms with van der Waals surface area (Å²) in [6.07, 6.45) is 0.770. The second-order valence-electron chi connectivity index (χ2n) is 6.07. The monoisotopic (exact) mass is 388 g/mol. The smallest absolute Gasteiger partial charge is 0.284 e. The number of para-hydroxylation sites is 1. The molecule has 3 rings (SSSR count). The van der Waals surface area contributed by atoms with Crippen molar-refractivity contribution in [3.63, 3.8) is 0 Å². The fourth-order valence-electron chi connectivity index (χ4n) is 2.97. The molecule has 27 heavy (non-hydrogen) atoms. The summed E-state index contributed by atoms with van der Waals surface area (Å²) < 4.78 is 5.18. The number of nitrogens with one attached hydrogen (secondary N) is 1. The quantitative estimate of drug-likeness (QED) is 0.309. The molecule has 0 fully saturated rings. The van der Waals surface area contributed by atoms with E-state index < -0.39 is 11.8 Å². The predicted molar refractivity (Wildman–Crippen MR) is 101 cm³/mol. The van der Waals surface area contributed by atoms with Crippen LogP contribution in [0.4, 0.5) is 0 Å². The number of carbonyl (C=O) groups is 2. The Bertz CT molecular complexity index is 893. The molecule has 1 aliphatic rings. The number of benzene rings is 1. The van der Waals surface area contributed by atoms with Gasteiger partial charge >= 0.3 is 0 Å². The van der Waals surface area contributed by atoms with Crippen molar-refractivity contribution in [3.05, 3.63) is 51.2 Å². The zero-order valence-electron chi connectivity index (χ0n) is 14.8. The molecule has 0 atom stereocenters. The topological polar surface area (TPSA) is 117 Å². The number of hydrogen-bond acceptors (Lipinski definition) is 6. The van der Waals surface area contributed by atoms with Crippen LogP contribution in [0, 0.1) is 0 Å². The Morgan fingerprint density at radius 2 is 2.19 bits per heavy atom. The van der Waals surface area contributed by atoms with Crippen LogP contribution in [-0.4, -0.2) is 48.0 Å². The highest BCUT2D eigenvalue weighted by Gasteiger charge is 2.22. The molecule has 0 unspecified atom stereocenters. The number of aliphatic imine (C=N–C) groups is 1. The molecule has 0 spiro atoms. The number of hydrogen-bond donors (Lipinski definition) is 3. The van der Waals surface area contributed by atoms with Gasteiger partial charge in [0.2, 0.25) is 0 Å². The molecule has 0 radical (unpaired) electrons. The molecule has 2 heterocycles. The van der Waals surface area contributed by atoms with Crippen molar-refractivity contribution in [2.24, 2.45) is 10.7 Å². The molecule has 0 bridgehead atoms. The fourth-order valence-corrected chi connectivity index (χ4v) is 4.02. The van der Waals surface area contributed by atoms with Gasteiger partial charge in [0, 0.05) is 18.0 Å². The lowest BCUT2D eigenvalue weighted by Gasteiger charge is -2.26. The van der Waals surface area contributed by atoms with Gasteiger partial charge in [-0.3, -0.25) is 19.7 Å². The van der Waals surface area contributed by atoms with Crippen LogP contribution in [-0.2, 0) is 13.0 Å². The fraction of sp³-hybridized carbons (Fsp3) is 0.278. The van der Waals surface area contributed by atoms with Gasteiger partial charge in [-0.05, 0) is 30.2 Å². The van der Waals surface area contributed by atoms with Gasteiger partial charge in [0.25, 0.3) is 11.8 Å². The van der Waals surface area contributed by atoms with Crippen molar-refractivity contribution in [2.75, 3.05) is 20.2 Å². The van der Waals surface area contributed by atoms with Crippen LogP contribution in [0.2, 0.25) is 0 Å². The van der Waals surface area contributed by atoms with Crippen LogP contribution in [0.25, 0.3) is 0 Å². The first-order valence-electron chi connectivity index (χ1n) is 8.30. The maximum absolute atomic E-state index is 12.4. The molecule has 1 aliphatic heterocycles. The molecule has 9 heteroatoms. The first kappa shape index (κ1) is 19.0. The number of nitrogens with two attached hydrogens (primary N) is 1. The van der Waals surface area contributed by atoms with Crippen LogP contribution in [0.15, 0.2) is 35.3 Å². The van der Waals surface area contributed by atoms with Crippen molar-refractivity contribution in [3.8, 4) is 5.75 Å². The Kier molecular flexibility index (Phi) is 5.84. The average Bonchev–Trinajstić information content (AvgIpc) is 3.10. The normalized spacial score (nSPS) is 14.5. The van der Waals surface area contributed by atoms with E-state index in [1.165, 1.54) is 18.4 Å². The maximum atomic E-state index is 12.4. The summed E-state index contributed by atoms with van der Waals surface area (Å²) in [5.74, 6) is -0.281. The number of amidine groups is 1. The summed E-state index contributed by atoms with van der Waals surface area (Å²) in [6, 6.07) is 8.63. The van der Waals surface area contributed by atoms with E-state index in [0.29, 0.717) is 29.3 Å². The van der Waals surface area contributed by atoms with Gasteiger partial charge in [-0.1, -0.05) is 12.1 Å². The number of nitrogens with zero attached hydrogens (tertiary/aromatic N) is 2. The molecule has 1 aromatic carbocycles. The van der Waals surface area contributed by atoms with Gasteiger partial charge < -0.3 is 10.5 Å². The van der Waals surface area contributed by atoms with Crippen molar-refractivity contribution in [1.82, 2.24) is 10.4 Å². The highest BCUT2D eigenvalue weighted by molar-refractivity contribution is 7.14. The van der Waals surface area contributed by atoms with Gasteiger partial charge in [-0.2, -0.15) is 4.99 Å². The minimum absolute atomic E-state index is 0.220. The van der Waals surface area contributed by atoms with E-state index in [0.717, 1.165) is 23.4 Å². The van der Waals surface area contributed by atoms with Crippen LogP contribution in [0.3, 0.4) is 0 Å². The lowest BCUT2D eigenvalue weighted by Crippen LogP contribution is -2.37. The van der Waals surface area contributed by atoms with E-state index in [-0.39, 0.29) is 5.84 Å². The number of methoxy groups -OCH3 is 1. The van der Waals surface area contributed by atoms with Gasteiger partial charge in [-0.25, -0.2) is 5.48 Å². The van der Waals surface area contributed by atoms with Crippen LogP contribution in [0.5, 0.6) is 5.75 Å². The molecule has 0 aliphatic carbocycles. The number of fused-ring (bicyclic) bond motifs is 1. The van der Waals surface area contributed by atoms with E-state index in [1.54, 1.807) is 35.8 Å². The summed E-state index contributed by atoms with van der Waals surface area (Å²) in [5.41, 5.74) is 9.02. The van der Waals surface area contributed by atoms with E-state index in [2.05, 4.69) is 9.89 Å². The average molecular weight is 388 g/mol. The van der Waals surface area contributed by atoms with E-state index in [1.807, 2.05) is 0 Å². The zero-order valence-corrected chi connectivity index (χ0v) is 15.6. The number of ether oxygens (including phenoxy) is 1. The number of carbonyl (C=O) groups excluding carboxylic acids is 2. The second kappa shape index (κ2) is 8.30. The van der Waals surface area contributed by atoms with Crippen LogP contribution in [0.1, 0.15) is 30.5 Å². The summed E-state index contributed by atoms with van der Waals surface area (Å²) in [5, 5.41) is 8.76. The van der Waals surface area contributed by atoms with Crippen LogP contribution >= 0.6 is 11.3 Å². The van der Waals surface area contributed by atoms with Gasteiger partial charge in [0.15, 0.2) is 0 Å². The Morgan fingerprint density at radius 3 is 2.93 bits per heavy atom. The standard InChI is InChI=1S/C18H20N4O4S/c1-26-13-5-3-2-4-12(13)17(23)20-16(19)10-22-7-6-14-11(9-22)8-15(27-14)18(24)21-25/h2-5,8,25H,6-7,9-10H2,1H3,(H,21,24)(H2,19,20,23). The first-order valence-corrected chi connectivity index (χ1v) is 9.12. The molecule has 2 aromatic rings. The summed E-state index contributed by atoms with van der Waals surface area (Å²) in [7, 11) is 1.50. The van der Waals surface area contributed by atoms with Gasteiger partial charge in [-0.15, -0.1) is 11.3 Å². The van der Waals surface area contributed by atoms with Crippen molar-refractivity contribution in [2.45, 2.75) is 13.0 Å². The number of thiophene rings is 1. The Labute approximate surface area is 160 Å². The minimum atomic E-state index is -0.510. The molecule has 2 amide bonds. The summed E-state index contributed by atoms with van der Waals surface area (Å²) in [6.45, 7) is 1.69. The lowest BCUT2D eigenvalue weighted by molar-refractivity contribution is 0.0710. The van der Waals surface area contributed by atoms with Gasteiger partial charge in [0.1, 0.15) is 11.6 Å². The Balaban J connectivity index is 1.67. The summed E-state index contributed by atoms with van der Waals surface area (Å²) >= 11 is 1.37. The predicted octanol–water partition coefficient (Wildman–Crippen LogP) is 1.43. The first-order chi connectivity index (χ1) is 13.0. The molecule has 142 valence electrons. The van der Waals surface area contributed by atoms with Crippen molar-refractivity contribution >= 4 is 29.0 Å². The zero-order chi connectivity index (χ0) is 19.4. The number of hydroxylamine groups is 1. The SMILES string of the molecule is COc1ccccc1C(=O)N=C(N)CN1CCc2sc(C(=O)NO)cc2C1. The van der Waals surface area contributed by atoms with E-state index in [4.69, 9.17) is 15.7 Å². The highest BCUT2D eigenvalue weighted by atomic mass is 32.1. The maximum Gasteiger partial charge on any atom is 0.284 e. The highest BCUT2D eigenvalue weighted by Crippen LogP contribution is 2.28. The Hall–Kier alpha value is -2.75. The molecule has 0 saturated carbocycles. The third kappa shape index (κ3) is 4.33. The Morgan fingerprint density at radius 1 is 1.41 bits per heavy atom. The third-order valence-electron chi connectivity index (χ3n) is 4.24. The third-order valence-corrected chi connectivity index (χ3v) is 5.48. The largest absolute Gasteiger partial charge is 0.496 e. The minimum Gasteiger partial charge on any atom is -0.496 e. The number of amides is 2. The molecule has 4 N–H and O–H groups in total. The molecule has 0 saturated heterocycles.